The van der Waals surface area contributed by atoms with E-state index in [0.717, 1.165) is 37.0 Å². The van der Waals surface area contributed by atoms with Crippen molar-refractivity contribution in [3.8, 4) is 0 Å². The van der Waals surface area contributed by atoms with Crippen LogP contribution in [0.5, 0.6) is 0 Å². The van der Waals surface area contributed by atoms with Crippen LogP contribution in [0, 0.1) is 12.8 Å². The molecule has 21 heavy (non-hydrogen) atoms. The second-order valence-corrected chi connectivity index (χ2v) is 9.23. The molecule has 0 aromatic carbocycles. The first-order chi connectivity index (χ1) is 9.81. The van der Waals surface area contributed by atoms with Gasteiger partial charge in [-0.2, -0.15) is 0 Å². The van der Waals surface area contributed by atoms with Gasteiger partial charge in [0.05, 0.1) is 4.90 Å². The smallest absolute Gasteiger partial charge is 0.348 e. The molecule has 1 fully saturated rings. The van der Waals surface area contributed by atoms with Gasteiger partial charge in [0.25, 0.3) is 9.05 Å². The standard InChI is InChI=1S/C14H19ClO4S2/c1-3-10-5-4-6-11(7-10)19-14(16)12-8-13(9(2)20-12)21(15,17)18/h8,10-11H,3-7H2,1-2H3. The minimum atomic E-state index is -3.82. The number of aryl methyl sites for hydroxylation is 1. The third-order valence-electron chi connectivity index (χ3n) is 3.92. The first kappa shape index (κ1) is 16.8. The van der Waals surface area contributed by atoms with Crippen LogP contribution in [0.25, 0.3) is 0 Å². The zero-order valence-electron chi connectivity index (χ0n) is 12.1. The summed E-state index contributed by atoms with van der Waals surface area (Å²) in [4.78, 5) is 13.0. The van der Waals surface area contributed by atoms with Crippen molar-refractivity contribution in [3.05, 3.63) is 15.8 Å². The van der Waals surface area contributed by atoms with Crippen molar-refractivity contribution in [2.75, 3.05) is 0 Å². The quantitative estimate of drug-likeness (QED) is 0.605. The van der Waals surface area contributed by atoms with Gasteiger partial charge in [0.15, 0.2) is 0 Å². The average molecular weight is 351 g/mol. The second-order valence-electron chi connectivity index (χ2n) is 5.44. The number of hydrogen-bond acceptors (Lipinski definition) is 5. The predicted octanol–water partition coefficient (Wildman–Crippen LogP) is 4.11. The number of hydrogen-bond donors (Lipinski definition) is 0. The molecule has 1 aromatic heterocycles. The van der Waals surface area contributed by atoms with Crippen LogP contribution in [-0.4, -0.2) is 20.5 Å². The van der Waals surface area contributed by atoms with E-state index in [1.54, 1.807) is 6.92 Å². The molecule has 1 heterocycles. The molecule has 0 saturated heterocycles. The molecule has 4 nitrogen and oxygen atoms in total. The highest BCUT2D eigenvalue weighted by Gasteiger charge is 2.26. The van der Waals surface area contributed by atoms with E-state index in [2.05, 4.69) is 6.92 Å². The highest BCUT2D eigenvalue weighted by molar-refractivity contribution is 8.13. The molecule has 1 aromatic rings. The van der Waals surface area contributed by atoms with E-state index >= 15 is 0 Å². The van der Waals surface area contributed by atoms with E-state index in [4.69, 9.17) is 15.4 Å². The van der Waals surface area contributed by atoms with Crippen LogP contribution >= 0.6 is 22.0 Å². The fourth-order valence-electron chi connectivity index (χ4n) is 2.74. The molecule has 1 aliphatic rings. The number of thiophene rings is 1. The van der Waals surface area contributed by atoms with Gasteiger partial charge in [-0.1, -0.05) is 19.8 Å². The van der Waals surface area contributed by atoms with Gasteiger partial charge in [-0.25, -0.2) is 13.2 Å². The van der Waals surface area contributed by atoms with Crippen molar-refractivity contribution < 1.29 is 17.9 Å². The monoisotopic (exact) mass is 350 g/mol. The SMILES string of the molecule is CCC1CCCC(OC(=O)c2cc(S(=O)(=O)Cl)c(C)s2)C1. The van der Waals surface area contributed by atoms with E-state index < -0.39 is 15.0 Å². The van der Waals surface area contributed by atoms with Crippen molar-refractivity contribution in [2.45, 2.75) is 57.0 Å². The van der Waals surface area contributed by atoms with E-state index in [1.165, 1.54) is 12.5 Å². The largest absolute Gasteiger partial charge is 0.458 e. The molecule has 1 aliphatic carbocycles. The molecule has 0 radical (unpaired) electrons. The Balaban J connectivity index is 2.07. The van der Waals surface area contributed by atoms with Crippen LogP contribution in [0.3, 0.4) is 0 Å². The highest BCUT2D eigenvalue weighted by atomic mass is 35.7. The van der Waals surface area contributed by atoms with Gasteiger partial charge in [0.1, 0.15) is 11.0 Å². The Morgan fingerprint density at radius 2 is 2.19 bits per heavy atom. The summed E-state index contributed by atoms with van der Waals surface area (Å²) < 4.78 is 28.3. The molecule has 2 rings (SSSR count). The maximum absolute atomic E-state index is 12.2. The maximum atomic E-state index is 12.2. The number of esters is 1. The Morgan fingerprint density at radius 1 is 1.48 bits per heavy atom. The molecule has 1 saturated carbocycles. The third kappa shape index (κ3) is 4.20. The Kier molecular flexibility index (Phi) is 5.33. The molecular formula is C14H19ClO4S2. The Morgan fingerprint density at radius 3 is 2.76 bits per heavy atom. The van der Waals surface area contributed by atoms with Crippen molar-refractivity contribution >= 4 is 37.0 Å². The molecule has 118 valence electrons. The van der Waals surface area contributed by atoms with Crippen molar-refractivity contribution in [3.63, 3.8) is 0 Å². The molecule has 7 heteroatoms. The summed E-state index contributed by atoms with van der Waals surface area (Å²) in [7, 11) is 1.52. The zero-order chi connectivity index (χ0) is 15.6. The second kappa shape index (κ2) is 6.67. The van der Waals surface area contributed by atoms with Gasteiger partial charge < -0.3 is 4.74 Å². The van der Waals surface area contributed by atoms with Crippen LogP contribution in [0.4, 0.5) is 0 Å². The first-order valence-electron chi connectivity index (χ1n) is 7.07. The Hall–Kier alpha value is -0.590. The number of carbonyl (C=O) groups is 1. The number of rotatable bonds is 4. The normalized spacial score (nSPS) is 23.0. The number of carbonyl (C=O) groups excluding carboxylic acids is 1. The molecule has 0 bridgehead atoms. The van der Waals surface area contributed by atoms with Crippen LogP contribution < -0.4 is 0 Å². The van der Waals surface area contributed by atoms with Gasteiger partial charge in [-0.15, -0.1) is 11.3 Å². The summed E-state index contributed by atoms with van der Waals surface area (Å²) in [6, 6.07) is 1.31. The maximum Gasteiger partial charge on any atom is 0.348 e. The van der Waals surface area contributed by atoms with Crippen LogP contribution in [0.1, 0.15) is 53.6 Å². The van der Waals surface area contributed by atoms with E-state index in [-0.39, 0.29) is 11.0 Å². The predicted molar refractivity (Wildman–Crippen MR) is 83.5 cm³/mol. The van der Waals surface area contributed by atoms with Gasteiger partial charge in [-0.3, -0.25) is 0 Å². The molecule has 0 aliphatic heterocycles. The van der Waals surface area contributed by atoms with Crippen LogP contribution in [0.2, 0.25) is 0 Å². The summed E-state index contributed by atoms with van der Waals surface area (Å²) >= 11 is 1.11. The Labute approximate surface area is 133 Å². The van der Waals surface area contributed by atoms with Crippen LogP contribution in [0.15, 0.2) is 11.0 Å². The van der Waals surface area contributed by atoms with Crippen LogP contribution in [-0.2, 0) is 13.8 Å². The summed E-state index contributed by atoms with van der Waals surface area (Å²) in [6.45, 7) is 3.78. The summed E-state index contributed by atoms with van der Waals surface area (Å²) in [5.74, 6) is 0.164. The molecule has 0 spiro atoms. The highest BCUT2D eigenvalue weighted by Crippen LogP contribution is 2.32. The summed E-state index contributed by atoms with van der Waals surface area (Å²) in [6.07, 6.45) is 5.08. The van der Waals surface area contributed by atoms with Gasteiger partial charge in [0, 0.05) is 15.6 Å². The zero-order valence-corrected chi connectivity index (χ0v) is 14.5. The molecule has 2 atom stereocenters. The average Bonchev–Trinajstić information content (AvgIpc) is 2.81. The molecule has 0 N–H and O–H groups in total. The summed E-state index contributed by atoms with van der Waals surface area (Å²) in [5.41, 5.74) is 0. The molecule has 0 amide bonds. The van der Waals surface area contributed by atoms with E-state index in [0.29, 0.717) is 15.7 Å². The minimum absolute atomic E-state index is 0.00352. The molecular weight excluding hydrogens is 332 g/mol. The lowest BCUT2D eigenvalue weighted by molar-refractivity contribution is 0.0145. The lowest BCUT2D eigenvalue weighted by atomic mass is 9.85. The van der Waals surface area contributed by atoms with Crippen molar-refractivity contribution in [2.24, 2.45) is 5.92 Å². The number of halogens is 1. The lowest BCUT2D eigenvalue weighted by Gasteiger charge is -2.27. The summed E-state index contributed by atoms with van der Waals surface area (Å²) in [5, 5.41) is 0. The van der Waals surface area contributed by atoms with Gasteiger partial charge in [0.2, 0.25) is 0 Å². The molecule has 2 unspecified atom stereocenters. The Bertz CT molecular complexity index is 621. The first-order valence-corrected chi connectivity index (χ1v) is 10.2. The van der Waals surface area contributed by atoms with Gasteiger partial charge in [-0.05, 0) is 38.2 Å². The van der Waals surface area contributed by atoms with E-state index in [1.807, 2.05) is 0 Å². The van der Waals surface area contributed by atoms with E-state index in [9.17, 15) is 13.2 Å². The fourth-order valence-corrected chi connectivity index (χ4v) is 5.28. The van der Waals surface area contributed by atoms with Crippen molar-refractivity contribution in [1.29, 1.82) is 0 Å². The van der Waals surface area contributed by atoms with Gasteiger partial charge >= 0.3 is 5.97 Å². The minimum Gasteiger partial charge on any atom is -0.458 e. The lowest BCUT2D eigenvalue weighted by Crippen LogP contribution is -2.25. The third-order valence-corrected chi connectivity index (χ3v) is 6.53. The number of ether oxygens (including phenoxy) is 1. The fraction of sp³-hybridized carbons (Fsp3) is 0.643. The topological polar surface area (TPSA) is 60.4 Å². The van der Waals surface area contributed by atoms with Crippen molar-refractivity contribution in [1.82, 2.24) is 0 Å².